The van der Waals surface area contributed by atoms with E-state index >= 15 is 0 Å². The fourth-order valence-electron chi connectivity index (χ4n) is 2.71. The summed E-state index contributed by atoms with van der Waals surface area (Å²) >= 11 is 0. The van der Waals surface area contributed by atoms with Crippen LogP contribution in [0, 0.1) is 26.7 Å². The first kappa shape index (κ1) is 14.7. The molecule has 0 aromatic heterocycles. The SMILES string of the molecule is COC(=O)CC(c1c(C)cc(C)cc1C)C(C)C. The molecule has 0 spiro atoms. The summed E-state index contributed by atoms with van der Waals surface area (Å²) in [5, 5.41) is 0. The van der Waals surface area contributed by atoms with Crippen molar-refractivity contribution < 1.29 is 9.53 Å². The molecule has 0 amide bonds. The van der Waals surface area contributed by atoms with Gasteiger partial charge in [-0.1, -0.05) is 31.5 Å². The highest BCUT2D eigenvalue weighted by atomic mass is 16.5. The quantitative estimate of drug-likeness (QED) is 0.755. The second-order valence-electron chi connectivity index (χ2n) is 5.44. The highest BCUT2D eigenvalue weighted by molar-refractivity contribution is 5.70. The number of methoxy groups -OCH3 is 1. The molecule has 0 saturated carbocycles. The molecule has 18 heavy (non-hydrogen) atoms. The van der Waals surface area contributed by atoms with Crippen LogP contribution in [0.2, 0.25) is 0 Å². The summed E-state index contributed by atoms with van der Waals surface area (Å²) in [7, 11) is 1.45. The molecule has 0 N–H and O–H groups in total. The van der Waals surface area contributed by atoms with Gasteiger partial charge >= 0.3 is 5.97 Å². The van der Waals surface area contributed by atoms with Gasteiger partial charge in [-0.15, -0.1) is 0 Å². The van der Waals surface area contributed by atoms with Crippen LogP contribution in [0.1, 0.15) is 48.4 Å². The third-order valence-electron chi connectivity index (χ3n) is 3.53. The topological polar surface area (TPSA) is 26.3 Å². The maximum absolute atomic E-state index is 11.6. The van der Waals surface area contributed by atoms with Crippen molar-refractivity contribution in [3.05, 3.63) is 34.4 Å². The zero-order valence-corrected chi connectivity index (χ0v) is 12.3. The molecule has 0 heterocycles. The summed E-state index contributed by atoms with van der Waals surface area (Å²) < 4.78 is 4.82. The van der Waals surface area contributed by atoms with Gasteiger partial charge in [-0.3, -0.25) is 4.79 Å². The molecule has 1 aromatic rings. The number of benzene rings is 1. The van der Waals surface area contributed by atoms with Gasteiger partial charge in [0.15, 0.2) is 0 Å². The fraction of sp³-hybridized carbons (Fsp3) is 0.562. The number of carbonyl (C=O) groups excluding carboxylic acids is 1. The predicted octanol–water partition coefficient (Wildman–Crippen LogP) is 3.91. The zero-order valence-electron chi connectivity index (χ0n) is 12.3. The van der Waals surface area contributed by atoms with Gasteiger partial charge in [0.1, 0.15) is 0 Å². The van der Waals surface area contributed by atoms with E-state index in [1.54, 1.807) is 0 Å². The van der Waals surface area contributed by atoms with Gasteiger partial charge in [0, 0.05) is 0 Å². The molecule has 0 saturated heterocycles. The first-order valence-corrected chi connectivity index (χ1v) is 6.51. The van der Waals surface area contributed by atoms with Crippen LogP contribution in [0.15, 0.2) is 12.1 Å². The van der Waals surface area contributed by atoms with Crippen LogP contribution in [0.3, 0.4) is 0 Å². The van der Waals surface area contributed by atoms with E-state index in [9.17, 15) is 4.79 Å². The van der Waals surface area contributed by atoms with E-state index in [4.69, 9.17) is 4.74 Å². The highest BCUT2D eigenvalue weighted by Gasteiger charge is 2.23. The lowest BCUT2D eigenvalue weighted by Gasteiger charge is -2.24. The summed E-state index contributed by atoms with van der Waals surface area (Å²) in [6.07, 6.45) is 0.457. The Balaban J connectivity index is 3.18. The number of hydrogen-bond acceptors (Lipinski definition) is 2. The van der Waals surface area contributed by atoms with Crippen molar-refractivity contribution in [1.29, 1.82) is 0 Å². The highest BCUT2D eigenvalue weighted by Crippen LogP contribution is 2.33. The van der Waals surface area contributed by atoms with Crippen molar-refractivity contribution in [1.82, 2.24) is 0 Å². The largest absolute Gasteiger partial charge is 0.469 e. The molecule has 0 aliphatic heterocycles. The predicted molar refractivity (Wildman–Crippen MR) is 74.9 cm³/mol. The van der Waals surface area contributed by atoms with Crippen LogP contribution in [-0.4, -0.2) is 13.1 Å². The Bertz CT molecular complexity index is 410. The molecule has 1 atom stereocenters. The molecule has 100 valence electrons. The third-order valence-corrected chi connectivity index (χ3v) is 3.53. The third kappa shape index (κ3) is 3.34. The first-order valence-electron chi connectivity index (χ1n) is 6.51. The van der Waals surface area contributed by atoms with Gasteiger partial charge < -0.3 is 4.74 Å². The normalized spacial score (nSPS) is 12.6. The lowest BCUT2D eigenvalue weighted by Crippen LogP contribution is -2.16. The summed E-state index contributed by atoms with van der Waals surface area (Å²) in [4.78, 5) is 11.6. The molecule has 0 radical (unpaired) electrons. The van der Waals surface area contributed by atoms with Crippen molar-refractivity contribution in [2.24, 2.45) is 5.92 Å². The maximum Gasteiger partial charge on any atom is 0.306 e. The molecule has 2 nitrogen and oxygen atoms in total. The molecule has 1 unspecified atom stereocenters. The molecule has 0 fully saturated rings. The summed E-state index contributed by atoms with van der Waals surface area (Å²) in [6.45, 7) is 10.7. The number of esters is 1. The average Bonchev–Trinajstić information content (AvgIpc) is 2.25. The molecule has 1 aromatic carbocycles. The van der Waals surface area contributed by atoms with Crippen LogP contribution in [0.5, 0.6) is 0 Å². The van der Waals surface area contributed by atoms with Crippen LogP contribution in [-0.2, 0) is 9.53 Å². The van der Waals surface area contributed by atoms with E-state index in [-0.39, 0.29) is 11.9 Å². The summed E-state index contributed by atoms with van der Waals surface area (Å²) in [5.41, 5.74) is 5.13. The van der Waals surface area contributed by atoms with E-state index in [1.807, 2.05) is 0 Å². The van der Waals surface area contributed by atoms with Gasteiger partial charge in [0.2, 0.25) is 0 Å². The monoisotopic (exact) mass is 248 g/mol. The van der Waals surface area contributed by atoms with Gasteiger partial charge in [-0.05, 0) is 49.3 Å². The standard InChI is InChI=1S/C16H24O2/c1-10(2)14(9-15(17)18-6)16-12(4)7-11(3)8-13(16)5/h7-8,10,14H,9H2,1-6H3. The van der Waals surface area contributed by atoms with Gasteiger partial charge in [0.25, 0.3) is 0 Å². The van der Waals surface area contributed by atoms with Crippen molar-refractivity contribution in [3.8, 4) is 0 Å². The number of ether oxygens (including phenoxy) is 1. The first-order chi connectivity index (χ1) is 8.36. The molecule has 2 heteroatoms. The van der Waals surface area contributed by atoms with Crippen LogP contribution in [0.25, 0.3) is 0 Å². The Morgan fingerprint density at radius 3 is 2.06 bits per heavy atom. The number of hydrogen-bond donors (Lipinski definition) is 0. The van der Waals surface area contributed by atoms with Gasteiger partial charge in [-0.25, -0.2) is 0 Å². The number of carbonyl (C=O) groups is 1. The smallest absolute Gasteiger partial charge is 0.306 e. The second kappa shape index (κ2) is 6.03. The van der Waals surface area contributed by atoms with Crippen molar-refractivity contribution in [2.75, 3.05) is 7.11 Å². The minimum atomic E-state index is -0.131. The minimum absolute atomic E-state index is 0.131. The fourth-order valence-corrected chi connectivity index (χ4v) is 2.71. The van der Waals surface area contributed by atoms with Crippen molar-refractivity contribution in [2.45, 2.75) is 47.0 Å². The lowest BCUT2D eigenvalue weighted by molar-refractivity contribution is -0.141. The van der Waals surface area contributed by atoms with E-state index in [0.717, 1.165) is 0 Å². The molecule has 0 bridgehead atoms. The molecule has 1 rings (SSSR count). The van der Waals surface area contributed by atoms with Crippen LogP contribution in [0.4, 0.5) is 0 Å². The average molecular weight is 248 g/mol. The molecule has 0 aliphatic rings. The Labute approximate surface area is 110 Å². The number of rotatable bonds is 4. The Kier molecular flexibility index (Phi) is 4.94. The van der Waals surface area contributed by atoms with Gasteiger partial charge in [0.05, 0.1) is 13.5 Å². The van der Waals surface area contributed by atoms with E-state index < -0.39 is 0 Å². The Morgan fingerprint density at radius 1 is 1.17 bits per heavy atom. The minimum Gasteiger partial charge on any atom is -0.469 e. The lowest BCUT2D eigenvalue weighted by atomic mass is 9.80. The zero-order chi connectivity index (χ0) is 13.9. The Morgan fingerprint density at radius 2 is 1.67 bits per heavy atom. The van der Waals surface area contributed by atoms with Crippen LogP contribution >= 0.6 is 0 Å². The van der Waals surface area contributed by atoms with Crippen LogP contribution < -0.4 is 0 Å². The number of aryl methyl sites for hydroxylation is 3. The van der Waals surface area contributed by atoms with E-state index in [1.165, 1.54) is 29.4 Å². The molecule has 0 aliphatic carbocycles. The Hall–Kier alpha value is -1.31. The van der Waals surface area contributed by atoms with E-state index in [2.05, 4.69) is 46.8 Å². The maximum atomic E-state index is 11.6. The molecular formula is C16H24O2. The van der Waals surface area contributed by atoms with E-state index in [0.29, 0.717) is 12.3 Å². The summed E-state index contributed by atoms with van der Waals surface area (Å²) in [6, 6.07) is 4.38. The second-order valence-corrected chi connectivity index (χ2v) is 5.44. The summed E-state index contributed by atoms with van der Waals surface area (Å²) in [5.74, 6) is 0.523. The van der Waals surface area contributed by atoms with Crippen molar-refractivity contribution in [3.63, 3.8) is 0 Å². The van der Waals surface area contributed by atoms with Crippen molar-refractivity contribution >= 4 is 5.97 Å². The molecular weight excluding hydrogens is 224 g/mol. The van der Waals surface area contributed by atoms with Gasteiger partial charge in [-0.2, -0.15) is 0 Å².